The van der Waals surface area contributed by atoms with E-state index < -0.39 is 0 Å². The zero-order valence-corrected chi connectivity index (χ0v) is 14.0. The topological polar surface area (TPSA) is 37.0 Å². The van der Waals surface area contributed by atoms with Crippen LogP contribution < -0.4 is 10.6 Å². The molecule has 3 rings (SSSR count). The van der Waals surface area contributed by atoms with Crippen molar-refractivity contribution in [2.75, 3.05) is 18.4 Å². The Morgan fingerprint density at radius 3 is 2.83 bits per heavy atom. The van der Waals surface area contributed by atoms with Crippen LogP contribution >= 0.6 is 11.6 Å². The van der Waals surface area contributed by atoms with Crippen molar-refractivity contribution in [1.29, 1.82) is 0 Å². The summed E-state index contributed by atoms with van der Waals surface area (Å²) in [7, 11) is 0. The van der Waals surface area contributed by atoms with Crippen LogP contribution in [0.4, 0.5) is 10.1 Å². The molecule has 5 heteroatoms. The zero-order valence-electron chi connectivity index (χ0n) is 13.2. The van der Waals surface area contributed by atoms with Crippen LogP contribution in [0, 0.1) is 5.82 Å². The van der Waals surface area contributed by atoms with Gasteiger partial charge in [-0.2, -0.15) is 0 Å². The number of nitrogens with one attached hydrogen (secondary N) is 2. The number of hydrogen-bond acceptors (Lipinski definition) is 3. The van der Waals surface area contributed by atoms with Gasteiger partial charge >= 0.3 is 0 Å². The highest BCUT2D eigenvalue weighted by molar-refractivity contribution is 6.31. The number of rotatable bonds is 7. The first-order chi connectivity index (χ1) is 11.7. The average molecular weight is 344 g/mol. The number of aromatic nitrogens is 1. The molecule has 0 aliphatic rings. The fraction of sp³-hybridized carbons (Fsp3) is 0.211. The van der Waals surface area contributed by atoms with Gasteiger partial charge in [0, 0.05) is 35.4 Å². The summed E-state index contributed by atoms with van der Waals surface area (Å²) < 4.78 is 13.1. The Bertz CT molecular complexity index is 823. The minimum atomic E-state index is -0.194. The molecule has 1 aromatic heterocycles. The third-order valence-electron chi connectivity index (χ3n) is 3.77. The van der Waals surface area contributed by atoms with E-state index in [1.807, 2.05) is 30.3 Å². The van der Waals surface area contributed by atoms with Gasteiger partial charge in [0.25, 0.3) is 0 Å². The fourth-order valence-electron chi connectivity index (χ4n) is 2.59. The Balaban J connectivity index is 1.45. The van der Waals surface area contributed by atoms with Crippen molar-refractivity contribution >= 4 is 28.2 Å². The molecule has 0 bridgehead atoms. The van der Waals surface area contributed by atoms with Gasteiger partial charge in [0.05, 0.1) is 5.52 Å². The summed E-state index contributed by atoms with van der Waals surface area (Å²) in [5, 5.41) is 8.51. The first-order valence-electron chi connectivity index (χ1n) is 7.96. The molecule has 1 heterocycles. The molecule has 0 saturated carbocycles. The van der Waals surface area contributed by atoms with E-state index in [2.05, 4.69) is 15.6 Å². The van der Waals surface area contributed by atoms with Crippen molar-refractivity contribution in [3.63, 3.8) is 0 Å². The standard InChI is InChI=1S/C19H19ClFN3/c20-15-5-6-17-18(7-10-24-19(17)12-15)23-9-2-8-22-13-14-3-1-4-16(21)11-14/h1,3-7,10-12,22H,2,8-9,13H2,(H,23,24). The lowest BCUT2D eigenvalue weighted by molar-refractivity contribution is 0.618. The van der Waals surface area contributed by atoms with Gasteiger partial charge in [-0.1, -0.05) is 23.7 Å². The van der Waals surface area contributed by atoms with Crippen LogP contribution in [0.2, 0.25) is 5.02 Å². The van der Waals surface area contributed by atoms with E-state index in [1.54, 1.807) is 18.3 Å². The summed E-state index contributed by atoms with van der Waals surface area (Å²) in [5.74, 6) is -0.194. The third kappa shape index (κ3) is 4.43. The summed E-state index contributed by atoms with van der Waals surface area (Å²) in [6.07, 6.45) is 2.75. The normalized spacial score (nSPS) is 10.9. The van der Waals surface area contributed by atoms with Crippen molar-refractivity contribution in [3.8, 4) is 0 Å². The fourth-order valence-corrected chi connectivity index (χ4v) is 2.76. The predicted octanol–water partition coefficient (Wildman–Crippen LogP) is 4.62. The lowest BCUT2D eigenvalue weighted by atomic mass is 10.2. The summed E-state index contributed by atoms with van der Waals surface area (Å²) in [5.41, 5.74) is 2.90. The van der Waals surface area contributed by atoms with Gasteiger partial charge in [0.2, 0.25) is 0 Å². The molecule has 0 radical (unpaired) electrons. The van der Waals surface area contributed by atoms with Crippen LogP contribution in [0.1, 0.15) is 12.0 Å². The Morgan fingerprint density at radius 1 is 1.04 bits per heavy atom. The van der Waals surface area contributed by atoms with E-state index in [0.29, 0.717) is 11.6 Å². The van der Waals surface area contributed by atoms with Gasteiger partial charge in [-0.25, -0.2) is 4.39 Å². The lowest BCUT2D eigenvalue weighted by Gasteiger charge is -2.10. The van der Waals surface area contributed by atoms with Crippen molar-refractivity contribution in [2.24, 2.45) is 0 Å². The summed E-state index contributed by atoms with van der Waals surface area (Å²) in [4.78, 5) is 4.33. The van der Waals surface area contributed by atoms with E-state index in [4.69, 9.17) is 11.6 Å². The van der Waals surface area contributed by atoms with Gasteiger partial charge in [-0.05, 0) is 54.9 Å². The van der Waals surface area contributed by atoms with E-state index in [0.717, 1.165) is 41.7 Å². The van der Waals surface area contributed by atoms with Crippen molar-refractivity contribution < 1.29 is 4.39 Å². The first-order valence-corrected chi connectivity index (χ1v) is 8.33. The molecule has 0 fully saturated rings. The second-order valence-corrected chi connectivity index (χ2v) is 6.04. The van der Waals surface area contributed by atoms with Crippen molar-refractivity contribution in [3.05, 3.63) is 71.1 Å². The molecule has 2 N–H and O–H groups in total. The molecule has 0 spiro atoms. The second kappa shape index (κ2) is 8.08. The molecular formula is C19H19ClFN3. The van der Waals surface area contributed by atoms with Gasteiger partial charge in [0.15, 0.2) is 0 Å². The zero-order chi connectivity index (χ0) is 16.8. The number of halogens is 2. The maximum Gasteiger partial charge on any atom is 0.123 e. The minimum Gasteiger partial charge on any atom is -0.384 e. The SMILES string of the molecule is Fc1cccc(CNCCCNc2ccnc3cc(Cl)ccc23)c1. The molecule has 124 valence electrons. The highest BCUT2D eigenvalue weighted by Crippen LogP contribution is 2.24. The van der Waals surface area contributed by atoms with Crippen molar-refractivity contribution in [2.45, 2.75) is 13.0 Å². The van der Waals surface area contributed by atoms with Crippen LogP contribution in [0.15, 0.2) is 54.7 Å². The first kappa shape index (κ1) is 16.7. The van der Waals surface area contributed by atoms with Crippen LogP contribution in [0.3, 0.4) is 0 Å². The van der Waals surface area contributed by atoms with E-state index in [1.165, 1.54) is 6.07 Å². The molecule has 3 nitrogen and oxygen atoms in total. The highest BCUT2D eigenvalue weighted by atomic mass is 35.5. The maximum absolute atomic E-state index is 13.1. The molecule has 0 atom stereocenters. The average Bonchev–Trinajstić information content (AvgIpc) is 2.58. The molecule has 0 saturated heterocycles. The molecule has 0 unspecified atom stereocenters. The maximum atomic E-state index is 13.1. The number of pyridine rings is 1. The molecule has 3 aromatic rings. The Hall–Kier alpha value is -2.17. The predicted molar refractivity (Wildman–Crippen MR) is 98.0 cm³/mol. The second-order valence-electron chi connectivity index (χ2n) is 5.61. The molecule has 24 heavy (non-hydrogen) atoms. The molecule has 2 aromatic carbocycles. The van der Waals surface area contributed by atoms with Crippen LogP contribution in [-0.4, -0.2) is 18.1 Å². The van der Waals surface area contributed by atoms with E-state index in [-0.39, 0.29) is 5.82 Å². The van der Waals surface area contributed by atoms with Gasteiger partial charge < -0.3 is 10.6 Å². The number of fused-ring (bicyclic) bond motifs is 1. The lowest BCUT2D eigenvalue weighted by Crippen LogP contribution is -2.17. The number of nitrogens with zero attached hydrogens (tertiary/aromatic N) is 1. The summed E-state index contributed by atoms with van der Waals surface area (Å²) >= 11 is 6.00. The molecule has 0 aliphatic heterocycles. The smallest absolute Gasteiger partial charge is 0.123 e. The van der Waals surface area contributed by atoms with Crippen molar-refractivity contribution in [1.82, 2.24) is 10.3 Å². The third-order valence-corrected chi connectivity index (χ3v) is 4.00. The summed E-state index contributed by atoms with van der Waals surface area (Å²) in [6.45, 7) is 2.38. The monoisotopic (exact) mass is 343 g/mol. The molecule has 0 aliphatic carbocycles. The van der Waals surface area contributed by atoms with Gasteiger partial charge in [0.1, 0.15) is 5.82 Å². The number of anilines is 1. The largest absolute Gasteiger partial charge is 0.384 e. The quantitative estimate of drug-likeness (QED) is 0.615. The van der Waals surface area contributed by atoms with Gasteiger partial charge in [-0.15, -0.1) is 0 Å². The number of benzene rings is 2. The Morgan fingerprint density at radius 2 is 1.96 bits per heavy atom. The van der Waals surface area contributed by atoms with Crippen LogP contribution in [0.5, 0.6) is 0 Å². The number of hydrogen-bond donors (Lipinski definition) is 2. The van der Waals surface area contributed by atoms with Crippen LogP contribution in [0.25, 0.3) is 10.9 Å². The van der Waals surface area contributed by atoms with E-state index >= 15 is 0 Å². The van der Waals surface area contributed by atoms with E-state index in [9.17, 15) is 4.39 Å². The molecule has 0 amide bonds. The minimum absolute atomic E-state index is 0.194. The Kier molecular flexibility index (Phi) is 5.62. The highest BCUT2D eigenvalue weighted by Gasteiger charge is 2.02. The van der Waals surface area contributed by atoms with Crippen LogP contribution in [-0.2, 0) is 6.54 Å². The Labute approximate surface area is 145 Å². The summed E-state index contributed by atoms with van der Waals surface area (Å²) in [6, 6.07) is 14.3. The van der Waals surface area contributed by atoms with Gasteiger partial charge in [-0.3, -0.25) is 4.98 Å². The molecular weight excluding hydrogens is 325 g/mol.